The normalized spacial score (nSPS) is 24.1. The monoisotopic (exact) mass is 395 g/mol. The smallest absolute Gasteiger partial charge is 0.207 e. The average molecular weight is 396 g/mol. The fourth-order valence-corrected chi connectivity index (χ4v) is 4.14. The van der Waals surface area contributed by atoms with E-state index in [1.807, 2.05) is 0 Å². The van der Waals surface area contributed by atoms with Crippen LogP contribution in [0.2, 0.25) is 5.02 Å². The second-order valence-electron chi connectivity index (χ2n) is 5.49. The number of hydrogen-bond acceptors (Lipinski definition) is 2. The molecule has 0 radical (unpaired) electrons. The molecule has 1 aromatic rings. The van der Waals surface area contributed by atoms with Crippen LogP contribution in [-0.2, 0) is 10.0 Å². The Morgan fingerprint density at radius 1 is 0.917 bits per heavy atom. The topological polar surface area (TPSA) is 37.4 Å². The highest BCUT2D eigenvalue weighted by atomic mass is 35.5. The van der Waals surface area contributed by atoms with E-state index in [1.165, 1.54) is 12.1 Å². The molecule has 1 saturated heterocycles. The molecule has 11 heteroatoms. The summed E-state index contributed by atoms with van der Waals surface area (Å²) in [7, 11) is -4.49. The van der Waals surface area contributed by atoms with E-state index in [-0.39, 0.29) is 9.33 Å². The van der Waals surface area contributed by atoms with Gasteiger partial charge in [0, 0.05) is 18.1 Å². The summed E-state index contributed by atoms with van der Waals surface area (Å²) >= 11 is 5.61. The van der Waals surface area contributed by atoms with Crippen LogP contribution < -0.4 is 0 Å². The number of sulfonamides is 1. The molecular formula is C13H12ClF6NO2S. The SMILES string of the molecule is O=S(=O)(c1ccc(Cl)cc1)N1C[C@H](C(F)(F)F)C[C@H](C(F)(F)F)C1. The molecular weight excluding hydrogens is 384 g/mol. The lowest BCUT2D eigenvalue weighted by atomic mass is 9.89. The molecule has 3 nitrogen and oxygen atoms in total. The van der Waals surface area contributed by atoms with Gasteiger partial charge in [0.2, 0.25) is 10.0 Å². The lowest BCUT2D eigenvalue weighted by Crippen LogP contribution is -2.51. The van der Waals surface area contributed by atoms with Gasteiger partial charge in [-0.3, -0.25) is 0 Å². The quantitative estimate of drug-likeness (QED) is 0.707. The van der Waals surface area contributed by atoms with Crippen LogP contribution in [0.5, 0.6) is 0 Å². The fraction of sp³-hybridized carbons (Fsp3) is 0.538. The first-order valence-corrected chi connectivity index (χ1v) is 8.53. The Bertz CT molecular complexity index is 664. The second kappa shape index (κ2) is 6.38. The van der Waals surface area contributed by atoms with E-state index in [1.54, 1.807) is 0 Å². The maximum atomic E-state index is 12.9. The van der Waals surface area contributed by atoms with E-state index in [0.29, 0.717) is 0 Å². The Kier molecular flexibility index (Phi) is 5.14. The first kappa shape index (κ1) is 19.3. The highest BCUT2D eigenvalue weighted by molar-refractivity contribution is 7.89. The van der Waals surface area contributed by atoms with Gasteiger partial charge in [-0.15, -0.1) is 0 Å². The Balaban J connectivity index is 2.38. The zero-order valence-corrected chi connectivity index (χ0v) is 13.5. The van der Waals surface area contributed by atoms with Gasteiger partial charge in [-0.05, 0) is 30.7 Å². The highest BCUT2D eigenvalue weighted by Crippen LogP contribution is 2.42. The van der Waals surface area contributed by atoms with E-state index in [9.17, 15) is 34.8 Å². The van der Waals surface area contributed by atoms with Crippen LogP contribution in [0, 0.1) is 11.8 Å². The van der Waals surface area contributed by atoms with Gasteiger partial charge >= 0.3 is 12.4 Å². The van der Waals surface area contributed by atoms with Crippen molar-refractivity contribution < 1.29 is 34.8 Å². The zero-order chi connectivity index (χ0) is 18.3. The van der Waals surface area contributed by atoms with Crippen molar-refractivity contribution in [2.24, 2.45) is 11.8 Å². The summed E-state index contributed by atoms with van der Waals surface area (Å²) in [5.74, 6) is -4.75. The van der Waals surface area contributed by atoms with Crippen molar-refractivity contribution in [2.45, 2.75) is 23.7 Å². The lowest BCUT2D eigenvalue weighted by molar-refractivity contribution is -0.224. The first-order valence-electron chi connectivity index (χ1n) is 6.71. The average Bonchev–Trinajstić information content (AvgIpc) is 2.45. The highest BCUT2D eigenvalue weighted by Gasteiger charge is 2.53. The van der Waals surface area contributed by atoms with Crippen molar-refractivity contribution in [2.75, 3.05) is 13.1 Å². The zero-order valence-electron chi connectivity index (χ0n) is 11.9. The van der Waals surface area contributed by atoms with E-state index >= 15 is 0 Å². The predicted octanol–water partition coefficient (Wildman–Crippen LogP) is 4.09. The van der Waals surface area contributed by atoms with E-state index < -0.39 is 58.6 Å². The molecule has 2 rings (SSSR count). The number of nitrogens with zero attached hydrogens (tertiary/aromatic N) is 1. The number of hydrogen-bond donors (Lipinski definition) is 0. The van der Waals surface area contributed by atoms with Crippen molar-refractivity contribution in [1.29, 1.82) is 0 Å². The maximum Gasteiger partial charge on any atom is 0.393 e. The summed E-state index contributed by atoms with van der Waals surface area (Å²) in [6.45, 7) is -2.08. The molecule has 2 atom stereocenters. The molecule has 0 aliphatic carbocycles. The number of piperidine rings is 1. The largest absolute Gasteiger partial charge is 0.393 e. The van der Waals surface area contributed by atoms with E-state index in [0.717, 1.165) is 12.1 Å². The summed E-state index contributed by atoms with van der Waals surface area (Å²) in [5.41, 5.74) is 0. The maximum absolute atomic E-state index is 12.9. The Hall–Kier alpha value is -1.00. The minimum Gasteiger partial charge on any atom is -0.207 e. The second-order valence-corrected chi connectivity index (χ2v) is 7.86. The third kappa shape index (κ3) is 4.15. The molecule has 0 amide bonds. The molecule has 0 N–H and O–H groups in total. The first-order chi connectivity index (χ1) is 10.8. The molecule has 0 spiro atoms. The van der Waals surface area contributed by atoms with Crippen molar-refractivity contribution in [3.63, 3.8) is 0 Å². The summed E-state index contributed by atoms with van der Waals surface area (Å²) < 4.78 is 103. The minimum atomic E-state index is -4.92. The van der Waals surface area contributed by atoms with Crippen LogP contribution in [0.1, 0.15) is 6.42 Å². The van der Waals surface area contributed by atoms with E-state index in [4.69, 9.17) is 11.6 Å². The molecule has 0 bridgehead atoms. The van der Waals surface area contributed by atoms with Crippen LogP contribution in [0.15, 0.2) is 29.2 Å². The van der Waals surface area contributed by atoms with Crippen LogP contribution in [0.3, 0.4) is 0 Å². The molecule has 136 valence electrons. The Labute approximate surface area is 139 Å². The summed E-state index contributed by atoms with van der Waals surface area (Å²) in [6, 6.07) is 4.47. The van der Waals surface area contributed by atoms with Gasteiger partial charge < -0.3 is 0 Å². The van der Waals surface area contributed by atoms with Crippen LogP contribution in [0.4, 0.5) is 26.3 Å². The third-order valence-corrected chi connectivity index (χ3v) is 5.89. The molecule has 0 saturated carbocycles. The molecule has 1 fully saturated rings. The summed E-state index contributed by atoms with van der Waals surface area (Å²) in [4.78, 5) is -0.407. The van der Waals surface area contributed by atoms with Crippen molar-refractivity contribution >= 4 is 21.6 Å². The van der Waals surface area contributed by atoms with Crippen LogP contribution in [-0.4, -0.2) is 38.2 Å². The summed E-state index contributed by atoms with van der Waals surface area (Å²) in [6.07, 6.45) is -11.0. The van der Waals surface area contributed by atoms with Gasteiger partial charge in [-0.25, -0.2) is 8.42 Å². The van der Waals surface area contributed by atoms with Crippen molar-refractivity contribution in [3.05, 3.63) is 29.3 Å². The fourth-order valence-electron chi connectivity index (χ4n) is 2.48. The van der Waals surface area contributed by atoms with Crippen LogP contribution in [0.25, 0.3) is 0 Å². The lowest BCUT2D eigenvalue weighted by Gasteiger charge is -2.38. The Morgan fingerprint density at radius 2 is 1.33 bits per heavy atom. The number of rotatable bonds is 2. The number of alkyl halides is 6. The van der Waals surface area contributed by atoms with Gasteiger partial charge in [0.1, 0.15) is 0 Å². The Morgan fingerprint density at radius 3 is 1.71 bits per heavy atom. The molecule has 1 aromatic carbocycles. The molecule has 0 unspecified atom stereocenters. The van der Waals surface area contributed by atoms with Gasteiger partial charge in [-0.1, -0.05) is 11.6 Å². The van der Waals surface area contributed by atoms with Gasteiger partial charge in [0.05, 0.1) is 16.7 Å². The van der Waals surface area contributed by atoms with E-state index in [2.05, 4.69) is 0 Å². The summed E-state index contributed by atoms with van der Waals surface area (Å²) in [5, 5.41) is 0.189. The molecule has 24 heavy (non-hydrogen) atoms. The van der Waals surface area contributed by atoms with Gasteiger partial charge in [-0.2, -0.15) is 30.6 Å². The molecule has 0 aromatic heterocycles. The van der Waals surface area contributed by atoms with Crippen molar-refractivity contribution in [1.82, 2.24) is 4.31 Å². The van der Waals surface area contributed by atoms with Gasteiger partial charge in [0.25, 0.3) is 0 Å². The molecule has 1 heterocycles. The number of benzene rings is 1. The van der Waals surface area contributed by atoms with Gasteiger partial charge in [0.15, 0.2) is 0 Å². The standard InChI is InChI=1S/C13H12ClF6NO2S/c14-10-1-3-11(4-2-10)24(22,23)21-6-8(12(15,16)17)5-9(7-21)13(18,19)20/h1-4,8-9H,5-7H2/t8-,9+. The minimum absolute atomic E-state index is 0.189. The van der Waals surface area contributed by atoms with Crippen LogP contribution >= 0.6 is 11.6 Å². The van der Waals surface area contributed by atoms with Crippen molar-refractivity contribution in [3.8, 4) is 0 Å². The molecule has 1 aliphatic rings. The number of halogens is 7. The predicted molar refractivity (Wildman–Crippen MR) is 73.9 cm³/mol. The third-order valence-electron chi connectivity index (χ3n) is 3.79. The molecule has 1 aliphatic heterocycles.